The molecule has 0 fully saturated rings. The van der Waals surface area contributed by atoms with Crippen LogP contribution in [0.2, 0.25) is 0 Å². The van der Waals surface area contributed by atoms with Gasteiger partial charge >= 0.3 is 0 Å². The van der Waals surface area contributed by atoms with E-state index in [9.17, 15) is 4.79 Å². The molecule has 0 bridgehead atoms. The Labute approximate surface area is 88.7 Å². The van der Waals surface area contributed by atoms with E-state index < -0.39 is 0 Å². The van der Waals surface area contributed by atoms with Crippen molar-refractivity contribution in [1.29, 1.82) is 0 Å². The number of aromatic nitrogens is 2. The number of aryl methyl sites for hydroxylation is 1. The first-order valence-corrected chi connectivity index (χ1v) is 5.07. The molecule has 1 unspecified atom stereocenters. The Bertz CT molecular complexity index is 487. The molecule has 0 aliphatic rings. The van der Waals surface area contributed by atoms with E-state index in [-0.39, 0.29) is 5.92 Å². The fraction of sp³-hybridized carbons (Fsp3) is 0.333. The lowest BCUT2D eigenvalue weighted by Gasteiger charge is -2.07. The summed E-state index contributed by atoms with van der Waals surface area (Å²) in [4.78, 5) is 10.4. The van der Waals surface area contributed by atoms with E-state index in [1.807, 2.05) is 17.9 Å². The van der Waals surface area contributed by atoms with Crippen molar-refractivity contribution in [2.45, 2.75) is 19.3 Å². The maximum absolute atomic E-state index is 10.4. The molecule has 1 aromatic carbocycles. The largest absolute Gasteiger partial charge is 0.303 e. The molecule has 0 radical (unpaired) electrons. The fourth-order valence-electron chi connectivity index (χ4n) is 1.77. The molecule has 0 aliphatic heterocycles. The molecule has 0 aliphatic carbocycles. The Balaban J connectivity index is 2.42. The zero-order chi connectivity index (χ0) is 10.8. The number of nitrogens with zero attached hydrogens (tertiary/aromatic N) is 2. The normalized spacial score (nSPS) is 12.9. The number of hydrogen-bond donors (Lipinski definition) is 0. The van der Waals surface area contributed by atoms with Crippen molar-refractivity contribution < 1.29 is 4.79 Å². The van der Waals surface area contributed by atoms with Gasteiger partial charge < -0.3 is 4.79 Å². The first kappa shape index (κ1) is 9.90. The van der Waals surface area contributed by atoms with Crippen molar-refractivity contribution in [3.63, 3.8) is 0 Å². The molecule has 2 aromatic rings. The van der Waals surface area contributed by atoms with E-state index in [1.54, 1.807) is 0 Å². The average Bonchev–Trinajstić information content (AvgIpc) is 2.60. The van der Waals surface area contributed by atoms with Crippen LogP contribution in [-0.4, -0.2) is 16.1 Å². The molecule has 0 N–H and O–H groups in total. The highest BCUT2D eigenvalue weighted by molar-refractivity contribution is 5.79. The van der Waals surface area contributed by atoms with E-state index in [2.05, 4.69) is 30.2 Å². The summed E-state index contributed by atoms with van der Waals surface area (Å²) >= 11 is 0. The molecule has 0 amide bonds. The summed E-state index contributed by atoms with van der Waals surface area (Å²) in [5.74, 6) is 0.284. The third-order valence-electron chi connectivity index (χ3n) is 2.79. The third-order valence-corrected chi connectivity index (χ3v) is 2.79. The van der Waals surface area contributed by atoms with Gasteiger partial charge in [-0.2, -0.15) is 5.10 Å². The molecule has 3 heteroatoms. The lowest BCUT2D eigenvalue weighted by Crippen LogP contribution is -1.94. The second kappa shape index (κ2) is 3.85. The van der Waals surface area contributed by atoms with E-state index in [1.165, 1.54) is 5.56 Å². The molecule has 2 rings (SSSR count). The van der Waals surface area contributed by atoms with Crippen LogP contribution in [0.3, 0.4) is 0 Å². The van der Waals surface area contributed by atoms with Crippen LogP contribution in [0.4, 0.5) is 0 Å². The predicted molar refractivity (Wildman–Crippen MR) is 59.8 cm³/mol. The van der Waals surface area contributed by atoms with Crippen LogP contribution in [0.1, 0.15) is 24.8 Å². The van der Waals surface area contributed by atoms with Crippen LogP contribution < -0.4 is 0 Å². The Morgan fingerprint density at radius 3 is 3.07 bits per heavy atom. The minimum atomic E-state index is 0.284. The van der Waals surface area contributed by atoms with Crippen LogP contribution in [0.25, 0.3) is 10.9 Å². The molecule has 0 saturated carbocycles. The zero-order valence-corrected chi connectivity index (χ0v) is 8.97. The highest BCUT2D eigenvalue weighted by Gasteiger charge is 2.06. The number of carbonyl (C=O) groups is 1. The van der Waals surface area contributed by atoms with Gasteiger partial charge in [-0.15, -0.1) is 0 Å². The minimum Gasteiger partial charge on any atom is -0.303 e. The lowest BCUT2D eigenvalue weighted by atomic mass is 9.97. The summed E-state index contributed by atoms with van der Waals surface area (Å²) in [5.41, 5.74) is 2.32. The van der Waals surface area contributed by atoms with Crippen molar-refractivity contribution >= 4 is 17.2 Å². The summed E-state index contributed by atoms with van der Waals surface area (Å²) in [6.45, 7) is 2.06. The Morgan fingerprint density at radius 2 is 2.33 bits per heavy atom. The van der Waals surface area contributed by atoms with Crippen molar-refractivity contribution in [1.82, 2.24) is 9.78 Å². The minimum absolute atomic E-state index is 0.284. The van der Waals surface area contributed by atoms with Crippen LogP contribution >= 0.6 is 0 Å². The van der Waals surface area contributed by atoms with E-state index in [4.69, 9.17) is 0 Å². The molecule has 1 heterocycles. The van der Waals surface area contributed by atoms with Crippen molar-refractivity contribution in [2.24, 2.45) is 7.05 Å². The quantitative estimate of drug-likeness (QED) is 0.715. The highest BCUT2D eigenvalue weighted by Crippen LogP contribution is 2.22. The molecule has 1 aromatic heterocycles. The number of benzene rings is 1. The predicted octanol–water partition coefficient (Wildman–Crippen LogP) is 2.27. The summed E-state index contributed by atoms with van der Waals surface area (Å²) in [6, 6.07) is 6.23. The standard InChI is InChI=1S/C12H14N2O/c1-9(5-6-15)10-3-4-12-11(7-10)8-13-14(12)2/h3-4,6-9H,5H2,1-2H3. The van der Waals surface area contributed by atoms with Gasteiger partial charge in [0, 0.05) is 18.9 Å². The first-order chi connectivity index (χ1) is 7.22. The van der Waals surface area contributed by atoms with Gasteiger partial charge in [0.2, 0.25) is 0 Å². The topological polar surface area (TPSA) is 34.9 Å². The van der Waals surface area contributed by atoms with Crippen LogP contribution in [0.15, 0.2) is 24.4 Å². The summed E-state index contributed by atoms with van der Waals surface area (Å²) in [5, 5.41) is 5.32. The van der Waals surface area contributed by atoms with E-state index in [0.717, 1.165) is 17.2 Å². The van der Waals surface area contributed by atoms with Gasteiger partial charge in [-0.05, 0) is 23.6 Å². The second-order valence-corrected chi connectivity index (χ2v) is 3.89. The first-order valence-electron chi connectivity index (χ1n) is 5.07. The SMILES string of the molecule is CC(CC=O)c1ccc2c(cnn2C)c1. The molecule has 15 heavy (non-hydrogen) atoms. The van der Waals surface area contributed by atoms with Crippen molar-refractivity contribution in [2.75, 3.05) is 0 Å². The number of fused-ring (bicyclic) bond motifs is 1. The maximum Gasteiger partial charge on any atom is 0.120 e. The molecular formula is C12H14N2O. The maximum atomic E-state index is 10.4. The van der Waals surface area contributed by atoms with Gasteiger partial charge in [0.1, 0.15) is 6.29 Å². The van der Waals surface area contributed by atoms with E-state index >= 15 is 0 Å². The Kier molecular flexibility index (Phi) is 2.54. The van der Waals surface area contributed by atoms with Crippen molar-refractivity contribution in [3.05, 3.63) is 30.0 Å². The molecule has 1 atom stereocenters. The summed E-state index contributed by atoms with van der Waals surface area (Å²) in [6.07, 6.45) is 3.40. The van der Waals surface area contributed by atoms with E-state index in [0.29, 0.717) is 6.42 Å². The average molecular weight is 202 g/mol. The Morgan fingerprint density at radius 1 is 1.53 bits per heavy atom. The zero-order valence-electron chi connectivity index (χ0n) is 8.97. The number of aldehydes is 1. The number of hydrogen-bond acceptors (Lipinski definition) is 2. The van der Waals surface area contributed by atoms with Gasteiger partial charge in [0.05, 0.1) is 11.7 Å². The van der Waals surface area contributed by atoms with Crippen LogP contribution in [0, 0.1) is 0 Å². The highest BCUT2D eigenvalue weighted by atomic mass is 16.1. The molecular weight excluding hydrogens is 188 g/mol. The van der Waals surface area contributed by atoms with Gasteiger partial charge in [-0.3, -0.25) is 4.68 Å². The number of rotatable bonds is 3. The van der Waals surface area contributed by atoms with Gasteiger partial charge in [0.15, 0.2) is 0 Å². The molecule has 3 nitrogen and oxygen atoms in total. The van der Waals surface area contributed by atoms with Gasteiger partial charge in [-0.25, -0.2) is 0 Å². The second-order valence-electron chi connectivity index (χ2n) is 3.89. The summed E-state index contributed by atoms with van der Waals surface area (Å²) < 4.78 is 1.85. The molecule has 78 valence electrons. The third kappa shape index (κ3) is 1.77. The van der Waals surface area contributed by atoms with Crippen LogP contribution in [0.5, 0.6) is 0 Å². The summed E-state index contributed by atoms with van der Waals surface area (Å²) in [7, 11) is 1.93. The van der Waals surface area contributed by atoms with Crippen LogP contribution in [-0.2, 0) is 11.8 Å². The van der Waals surface area contributed by atoms with Gasteiger partial charge in [-0.1, -0.05) is 13.0 Å². The lowest BCUT2D eigenvalue weighted by molar-refractivity contribution is -0.108. The molecule has 0 saturated heterocycles. The molecule has 0 spiro atoms. The fourth-order valence-corrected chi connectivity index (χ4v) is 1.77. The Hall–Kier alpha value is -1.64. The number of carbonyl (C=O) groups excluding carboxylic acids is 1. The van der Waals surface area contributed by atoms with Gasteiger partial charge in [0.25, 0.3) is 0 Å². The monoisotopic (exact) mass is 202 g/mol. The van der Waals surface area contributed by atoms with Crippen molar-refractivity contribution in [3.8, 4) is 0 Å². The smallest absolute Gasteiger partial charge is 0.120 e.